The van der Waals surface area contributed by atoms with Gasteiger partial charge in [-0.15, -0.1) is 10.2 Å². The molecule has 6 heteroatoms. The van der Waals surface area contributed by atoms with Gasteiger partial charge in [0.1, 0.15) is 0 Å². The second kappa shape index (κ2) is 5.20. The molecule has 6 nitrogen and oxygen atoms in total. The minimum absolute atomic E-state index is 0.0170. The van der Waals surface area contributed by atoms with E-state index < -0.39 is 0 Å². The molecule has 2 aromatic rings. The van der Waals surface area contributed by atoms with Gasteiger partial charge in [-0.05, 0) is 24.1 Å². The summed E-state index contributed by atoms with van der Waals surface area (Å²) < 4.78 is 0. The molecule has 0 saturated carbocycles. The highest BCUT2D eigenvalue weighted by molar-refractivity contribution is 5.90. The van der Waals surface area contributed by atoms with Crippen LogP contribution in [0.25, 0.3) is 0 Å². The molecule has 0 aliphatic carbocycles. The van der Waals surface area contributed by atoms with Crippen LogP contribution in [0.2, 0.25) is 0 Å². The average Bonchev–Trinajstić information content (AvgIpc) is 2.83. The molecule has 0 radical (unpaired) electrons. The molecule has 88 valence electrons. The zero-order valence-electron chi connectivity index (χ0n) is 9.42. The second-order valence-electron chi connectivity index (χ2n) is 3.80. The molecule has 0 aliphatic heterocycles. The van der Waals surface area contributed by atoms with Gasteiger partial charge < -0.3 is 5.32 Å². The molecule has 1 aromatic heterocycles. The summed E-state index contributed by atoms with van der Waals surface area (Å²) in [4.78, 5) is 11.6. The van der Waals surface area contributed by atoms with Gasteiger partial charge in [0.2, 0.25) is 0 Å². The number of hydrogen-bond donors (Lipinski definition) is 2. The molecule has 1 unspecified atom stereocenters. The van der Waals surface area contributed by atoms with Gasteiger partial charge >= 0.3 is 0 Å². The van der Waals surface area contributed by atoms with Gasteiger partial charge in [-0.2, -0.15) is 5.21 Å². The van der Waals surface area contributed by atoms with Gasteiger partial charge in [0, 0.05) is 6.04 Å². The van der Waals surface area contributed by atoms with Crippen molar-refractivity contribution in [2.45, 2.75) is 19.4 Å². The first-order chi connectivity index (χ1) is 8.25. The summed E-state index contributed by atoms with van der Waals surface area (Å²) in [6.07, 6.45) is 0.768. The molecule has 2 N–H and O–H groups in total. The maximum atomic E-state index is 11.6. The Morgan fingerprint density at radius 2 is 2.18 bits per heavy atom. The minimum Gasteiger partial charge on any atom is -0.346 e. The highest BCUT2D eigenvalue weighted by atomic mass is 16.2. The SMILES string of the molecule is CC(Cc1ccccc1)NC(=O)c1nn[nH]n1. The van der Waals surface area contributed by atoms with Gasteiger partial charge in [0.05, 0.1) is 0 Å². The Kier molecular flexibility index (Phi) is 3.44. The van der Waals surface area contributed by atoms with Crippen LogP contribution in [-0.2, 0) is 6.42 Å². The van der Waals surface area contributed by atoms with Crippen molar-refractivity contribution in [2.75, 3.05) is 0 Å². The molecule has 17 heavy (non-hydrogen) atoms. The van der Waals surface area contributed by atoms with Crippen molar-refractivity contribution in [3.05, 3.63) is 41.7 Å². The fourth-order valence-electron chi connectivity index (χ4n) is 1.57. The highest BCUT2D eigenvalue weighted by Crippen LogP contribution is 2.02. The van der Waals surface area contributed by atoms with Crippen molar-refractivity contribution >= 4 is 5.91 Å². The molecule has 0 fully saturated rings. The number of rotatable bonds is 4. The van der Waals surface area contributed by atoms with Crippen LogP contribution in [0.1, 0.15) is 23.1 Å². The van der Waals surface area contributed by atoms with Crippen molar-refractivity contribution in [1.82, 2.24) is 25.9 Å². The minimum atomic E-state index is -0.317. The number of aromatic amines is 1. The molecule has 1 heterocycles. The predicted molar refractivity (Wildman–Crippen MR) is 61.3 cm³/mol. The molecule has 0 saturated heterocycles. The third-order valence-electron chi connectivity index (χ3n) is 2.31. The molecular formula is C11H13N5O. The van der Waals surface area contributed by atoms with Crippen LogP contribution in [0.4, 0.5) is 0 Å². The first-order valence-corrected chi connectivity index (χ1v) is 5.34. The Hall–Kier alpha value is -2.24. The quantitative estimate of drug-likeness (QED) is 0.805. The van der Waals surface area contributed by atoms with E-state index >= 15 is 0 Å². The lowest BCUT2D eigenvalue weighted by Gasteiger charge is -2.12. The van der Waals surface area contributed by atoms with E-state index in [0.29, 0.717) is 0 Å². The molecule has 0 bridgehead atoms. The van der Waals surface area contributed by atoms with E-state index in [4.69, 9.17) is 0 Å². The number of hydrogen-bond acceptors (Lipinski definition) is 4. The maximum Gasteiger partial charge on any atom is 0.293 e. The monoisotopic (exact) mass is 231 g/mol. The predicted octanol–water partition coefficient (Wildman–Crippen LogP) is 0.561. The average molecular weight is 231 g/mol. The topological polar surface area (TPSA) is 83.6 Å². The summed E-state index contributed by atoms with van der Waals surface area (Å²) in [5.74, 6) is -0.257. The fraction of sp³-hybridized carbons (Fsp3) is 0.273. The van der Waals surface area contributed by atoms with Crippen LogP contribution in [0.3, 0.4) is 0 Å². The van der Waals surface area contributed by atoms with Crippen LogP contribution >= 0.6 is 0 Å². The number of tetrazole rings is 1. The fourth-order valence-corrected chi connectivity index (χ4v) is 1.57. The second-order valence-corrected chi connectivity index (χ2v) is 3.80. The summed E-state index contributed by atoms with van der Waals surface area (Å²) in [6, 6.07) is 9.98. The van der Waals surface area contributed by atoms with Crippen LogP contribution in [-0.4, -0.2) is 32.6 Å². The summed E-state index contributed by atoms with van der Waals surface area (Å²) in [6.45, 7) is 1.94. The number of nitrogens with zero attached hydrogens (tertiary/aromatic N) is 3. The van der Waals surface area contributed by atoms with Gasteiger partial charge in [-0.1, -0.05) is 30.3 Å². The zero-order valence-corrected chi connectivity index (χ0v) is 9.42. The van der Waals surface area contributed by atoms with Crippen molar-refractivity contribution in [1.29, 1.82) is 0 Å². The van der Waals surface area contributed by atoms with E-state index in [1.165, 1.54) is 5.56 Å². The van der Waals surface area contributed by atoms with E-state index in [9.17, 15) is 4.79 Å². The van der Waals surface area contributed by atoms with Crippen LogP contribution in [0.5, 0.6) is 0 Å². The summed E-state index contributed by atoms with van der Waals surface area (Å²) in [5.41, 5.74) is 1.17. The molecule has 0 spiro atoms. The first-order valence-electron chi connectivity index (χ1n) is 5.34. The van der Waals surface area contributed by atoms with Crippen LogP contribution in [0.15, 0.2) is 30.3 Å². The van der Waals surface area contributed by atoms with Crippen molar-refractivity contribution in [3.63, 3.8) is 0 Å². The Balaban J connectivity index is 1.90. The number of carbonyl (C=O) groups is 1. The lowest BCUT2D eigenvalue weighted by Crippen LogP contribution is -2.34. The van der Waals surface area contributed by atoms with Gasteiger partial charge in [0.15, 0.2) is 0 Å². The van der Waals surface area contributed by atoms with Crippen LogP contribution in [0, 0.1) is 0 Å². The molecule has 0 aliphatic rings. The van der Waals surface area contributed by atoms with Crippen LogP contribution < -0.4 is 5.32 Å². The third kappa shape index (κ3) is 3.10. The molecular weight excluding hydrogens is 218 g/mol. The summed E-state index contributed by atoms with van der Waals surface area (Å²) >= 11 is 0. The van der Waals surface area contributed by atoms with E-state index in [2.05, 4.69) is 25.9 Å². The largest absolute Gasteiger partial charge is 0.346 e. The summed E-state index contributed by atoms with van der Waals surface area (Å²) in [7, 11) is 0. The summed E-state index contributed by atoms with van der Waals surface area (Å²) in [5, 5.41) is 15.6. The zero-order chi connectivity index (χ0) is 12.1. The molecule has 1 amide bonds. The molecule has 1 aromatic carbocycles. The van der Waals surface area contributed by atoms with E-state index in [0.717, 1.165) is 6.42 Å². The van der Waals surface area contributed by atoms with E-state index in [1.807, 2.05) is 37.3 Å². The smallest absolute Gasteiger partial charge is 0.293 e. The number of amides is 1. The Labute approximate surface area is 98.4 Å². The number of nitrogens with one attached hydrogen (secondary N) is 2. The number of benzene rings is 1. The van der Waals surface area contributed by atoms with Gasteiger partial charge in [-0.3, -0.25) is 4.79 Å². The van der Waals surface area contributed by atoms with E-state index in [1.54, 1.807) is 0 Å². The van der Waals surface area contributed by atoms with Crippen molar-refractivity contribution in [2.24, 2.45) is 0 Å². The lowest BCUT2D eigenvalue weighted by atomic mass is 10.1. The Morgan fingerprint density at radius 1 is 1.41 bits per heavy atom. The first kappa shape index (κ1) is 11.3. The standard InChI is InChI=1S/C11H13N5O/c1-8(7-9-5-3-2-4-6-9)12-11(17)10-13-15-16-14-10/h2-6,8H,7H2,1H3,(H,12,17)(H,13,14,15,16). The molecule has 1 atom stereocenters. The normalized spacial score (nSPS) is 12.1. The number of aromatic nitrogens is 4. The molecule has 2 rings (SSSR count). The van der Waals surface area contributed by atoms with Gasteiger partial charge in [-0.25, -0.2) is 0 Å². The van der Waals surface area contributed by atoms with Crippen molar-refractivity contribution in [3.8, 4) is 0 Å². The lowest BCUT2D eigenvalue weighted by molar-refractivity contribution is 0.0929. The Morgan fingerprint density at radius 3 is 2.82 bits per heavy atom. The highest BCUT2D eigenvalue weighted by Gasteiger charge is 2.13. The number of carbonyl (C=O) groups excluding carboxylic acids is 1. The van der Waals surface area contributed by atoms with E-state index in [-0.39, 0.29) is 17.8 Å². The number of H-pyrrole nitrogens is 1. The maximum absolute atomic E-state index is 11.6. The Bertz CT molecular complexity index is 468. The third-order valence-corrected chi connectivity index (χ3v) is 2.31. The van der Waals surface area contributed by atoms with Gasteiger partial charge in [0.25, 0.3) is 11.7 Å². The van der Waals surface area contributed by atoms with Crippen molar-refractivity contribution < 1.29 is 4.79 Å².